The van der Waals surface area contributed by atoms with Crippen molar-refractivity contribution in [1.82, 2.24) is 15.0 Å². The maximum Gasteiger partial charge on any atom is 0.119 e. The molecule has 5 heteroatoms. The zero-order chi connectivity index (χ0) is 15.9. The van der Waals surface area contributed by atoms with Gasteiger partial charge in [0.2, 0.25) is 0 Å². The first-order chi connectivity index (χ1) is 10.7. The van der Waals surface area contributed by atoms with Crippen molar-refractivity contribution < 1.29 is 4.74 Å². The highest BCUT2D eigenvalue weighted by atomic mass is 16.5. The Kier molecular flexibility index (Phi) is 5.95. The molecule has 0 aliphatic carbocycles. The van der Waals surface area contributed by atoms with Crippen LogP contribution in [0.15, 0.2) is 24.3 Å². The molecule has 120 valence electrons. The van der Waals surface area contributed by atoms with Crippen molar-refractivity contribution in [2.45, 2.75) is 46.6 Å². The number of nitrogens with zero attached hydrogens (tertiary/aromatic N) is 3. The van der Waals surface area contributed by atoms with Crippen LogP contribution in [0.1, 0.15) is 45.0 Å². The average molecular weight is 302 g/mol. The molecule has 1 aromatic heterocycles. The summed E-state index contributed by atoms with van der Waals surface area (Å²) in [6.45, 7) is 7.70. The first kappa shape index (κ1) is 16.5. The maximum absolute atomic E-state index is 5.77. The monoisotopic (exact) mass is 302 g/mol. The molecule has 0 spiro atoms. The van der Waals surface area contributed by atoms with Crippen molar-refractivity contribution in [2.75, 3.05) is 6.61 Å². The predicted molar refractivity (Wildman–Crippen MR) is 88.2 cm³/mol. The fraction of sp³-hybridized carbons (Fsp3) is 0.529. The van der Waals surface area contributed by atoms with Crippen LogP contribution in [0, 0.1) is 5.92 Å². The van der Waals surface area contributed by atoms with Crippen LogP contribution in [0.3, 0.4) is 0 Å². The lowest BCUT2D eigenvalue weighted by atomic mass is 10.1. The van der Waals surface area contributed by atoms with E-state index in [1.807, 2.05) is 28.9 Å². The number of aromatic nitrogens is 3. The average Bonchev–Trinajstić information content (AvgIpc) is 2.90. The van der Waals surface area contributed by atoms with Gasteiger partial charge in [-0.25, -0.2) is 4.68 Å². The van der Waals surface area contributed by atoms with Gasteiger partial charge in [0.15, 0.2) is 0 Å². The summed E-state index contributed by atoms with van der Waals surface area (Å²) in [4.78, 5) is 0. The first-order valence-corrected chi connectivity index (χ1v) is 8.02. The van der Waals surface area contributed by atoms with E-state index in [4.69, 9.17) is 10.5 Å². The second-order valence-corrected chi connectivity index (χ2v) is 5.89. The molecule has 0 atom stereocenters. The fourth-order valence-electron chi connectivity index (χ4n) is 2.31. The molecule has 0 radical (unpaired) electrons. The molecule has 0 bridgehead atoms. The number of unbranched alkanes of at least 4 members (excludes halogenated alkanes) is 1. The SMILES string of the molecule is CCCCOc1ccc(-n2nnc(CN)c2CC(C)C)cc1. The smallest absolute Gasteiger partial charge is 0.119 e. The van der Waals surface area contributed by atoms with Crippen LogP contribution in [0.4, 0.5) is 0 Å². The molecular weight excluding hydrogens is 276 g/mol. The second-order valence-electron chi connectivity index (χ2n) is 5.89. The van der Waals surface area contributed by atoms with Crippen LogP contribution in [0.5, 0.6) is 5.75 Å². The van der Waals surface area contributed by atoms with Gasteiger partial charge in [0.25, 0.3) is 0 Å². The van der Waals surface area contributed by atoms with E-state index in [9.17, 15) is 0 Å². The molecule has 0 unspecified atom stereocenters. The molecule has 1 aromatic carbocycles. The fourth-order valence-corrected chi connectivity index (χ4v) is 2.31. The third kappa shape index (κ3) is 4.07. The number of hydrogen-bond donors (Lipinski definition) is 1. The van der Waals surface area contributed by atoms with E-state index in [0.29, 0.717) is 12.5 Å². The van der Waals surface area contributed by atoms with Gasteiger partial charge < -0.3 is 10.5 Å². The van der Waals surface area contributed by atoms with Gasteiger partial charge in [-0.05, 0) is 43.0 Å². The van der Waals surface area contributed by atoms with Crippen LogP contribution in [-0.2, 0) is 13.0 Å². The van der Waals surface area contributed by atoms with Crippen LogP contribution >= 0.6 is 0 Å². The van der Waals surface area contributed by atoms with E-state index in [-0.39, 0.29) is 0 Å². The number of benzene rings is 1. The third-order valence-corrected chi connectivity index (χ3v) is 3.49. The number of ether oxygens (including phenoxy) is 1. The highest BCUT2D eigenvalue weighted by molar-refractivity contribution is 5.38. The molecule has 1 heterocycles. The molecule has 0 aliphatic rings. The number of hydrogen-bond acceptors (Lipinski definition) is 4. The minimum Gasteiger partial charge on any atom is -0.494 e. The molecule has 0 saturated carbocycles. The lowest BCUT2D eigenvalue weighted by Crippen LogP contribution is -2.09. The molecule has 2 rings (SSSR count). The van der Waals surface area contributed by atoms with Gasteiger partial charge in [0.05, 0.1) is 23.7 Å². The van der Waals surface area contributed by atoms with Gasteiger partial charge in [-0.2, -0.15) is 0 Å². The Morgan fingerprint density at radius 3 is 2.55 bits per heavy atom. The predicted octanol–water partition coefficient (Wildman–Crippen LogP) is 3.10. The van der Waals surface area contributed by atoms with E-state index < -0.39 is 0 Å². The summed E-state index contributed by atoms with van der Waals surface area (Å²) in [5.41, 5.74) is 8.73. The Bertz CT molecular complexity index is 575. The maximum atomic E-state index is 5.77. The van der Waals surface area contributed by atoms with E-state index in [1.165, 1.54) is 0 Å². The second kappa shape index (κ2) is 7.94. The van der Waals surface area contributed by atoms with Crippen LogP contribution < -0.4 is 10.5 Å². The lowest BCUT2D eigenvalue weighted by Gasteiger charge is -2.11. The van der Waals surface area contributed by atoms with Gasteiger partial charge in [-0.3, -0.25) is 0 Å². The molecule has 22 heavy (non-hydrogen) atoms. The Hall–Kier alpha value is -1.88. The summed E-state index contributed by atoms with van der Waals surface area (Å²) in [6.07, 6.45) is 3.12. The van der Waals surface area contributed by atoms with E-state index in [1.54, 1.807) is 0 Å². The van der Waals surface area contributed by atoms with E-state index in [2.05, 4.69) is 31.1 Å². The van der Waals surface area contributed by atoms with Crippen molar-refractivity contribution in [3.63, 3.8) is 0 Å². The summed E-state index contributed by atoms with van der Waals surface area (Å²) in [6, 6.07) is 7.99. The molecule has 0 fully saturated rings. The topological polar surface area (TPSA) is 66.0 Å². The molecular formula is C17H26N4O. The molecule has 0 saturated heterocycles. The highest BCUT2D eigenvalue weighted by Gasteiger charge is 2.14. The Morgan fingerprint density at radius 2 is 1.95 bits per heavy atom. The van der Waals surface area contributed by atoms with Gasteiger partial charge in [0.1, 0.15) is 5.75 Å². The highest BCUT2D eigenvalue weighted by Crippen LogP contribution is 2.19. The number of rotatable bonds is 8. The van der Waals surface area contributed by atoms with Gasteiger partial charge in [0, 0.05) is 6.54 Å². The lowest BCUT2D eigenvalue weighted by molar-refractivity contribution is 0.309. The van der Waals surface area contributed by atoms with E-state index >= 15 is 0 Å². The van der Waals surface area contributed by atoms with Gasteiger partial charge in [-0.1, -0.05) is 32.4 Å². The van der Waals surface area contributed by atoms with Crippen molar-refractivity contribution >= 4 is 0 Å². The van der Waals surface area contributed by atoms with Crippen molar-refractivity contribution in [2.24, 2.45) is 11.7 Å². The number of nitrogens with two attached hydrogens (primary N) is 1. The van der Waals surface area contributed by atoms with E-state index in [0.717, 1.165) is 48.7 Å². The quantitative estimate of drug-likeness (QED) is 0.761. The normalized spacial score (nSPS) is 11.1. The Morgan fingerprint density at radius 1 is 1.23 bits per heavy atom. The van der Waals surface area contributed by atoms with Crippen molar-refractivity contribution in [1.29, 1.82) is 0 Å². The minimum atomic E-state index is 0.417. The largest absolute Gasteiger partial charge is 0.494 e. The molecule has 2 N–H and O–H groups in total. The molecule has 0 aliphatic heterocycles. The Labute approximate surface area is 132 Å². The van der Waals surface area contributed by atoms with Crippen LogP contribution in [0.2, 0.25) is 0 Å². The molecule has 2 aromatic rings. The summed E-state index contributed by atoms with van der Waals surface area (Å²) in [7, 11) is 0. The standard InChI is InChI=1S/C17H26N4O/c1-4-5-10-22-15-8-6-14(7-9-15)21-17(11-13(2)3)16(12-18)19-20-21/h6-9,13H,4-5,10-12,18H2,1-3H3. The Balaban J connectivity index is 2.19. The summed E-state index contributed by atoms with van der Waals surface area (Å²) in [5, 5.41) is 8.47. The van der Waals surface area contributed by atoms with Gasteiger partial charge >= 0.3 is 0 Å². The minimum absolute atomic E-state index is 0.417. The molecule has 0 amide bonds. The van der Waals surface area contributed by atoms with Crippen LogP contribution in [-0.4, -0.2) is 21.6 Å². The van der Waals surface area contributed by atoms with Crippen molar-refractivity contribution in [3.8, 4) is 11.4 Å². The summed E-state index contributed by atoms with van der Waals surface area (Å²) < 4.78 is 7.58. The van der Waals surface area contributed by atoms with Gasteiger partial charge in [-0.15, -0.1) is 5.10 Å². The summed E-state index contributed by atoms with van der Waals surface area (Å²) in [5.74, 6) is 1.42. The first-order valence-electron chi connectivity index (χ1n) is 8.02. The summed E-state index contributed by atoms with van der Waals surface area (Å²) >= 11 is 0. The van der Waals surface area contributed by atoms with Crippen LogP contribution in [0.25, 0.3) is 5.69 Å². The molecule has 5 nitrogen and oxygen atoms in total. The zero-order valence-corrected chi connectivity index (χ0v) is 13.7. The van der Waals surface area contributed by atoms with Crippen molar-refractivity contribution in [3.05, 3.63) is 35.7 Å². The third-order valence-electron chi connectivity index (χ3n) is 3.49. The zero-order valence-electron chi connectivity index (χ0n) is 13.7.